The number of halogens is 1. The zero-order valence-corrected chi connectivity index (χ0v) is 14.0. The predicted octanol–water partition coefficient (Wildman–Crippen LogP) is 1.82. The number of anilines is 2. The Kier molecular flexibility index (Phi) is 4.55. The average molecular weight is 371 g/mol. The molecule has 120 valence electrons. The molecule has 0 amide bonds. The predicted molar refractivity (Wildman–Crippen MR) is 91.0 cm³/mol. The summed E-state index contributed by atoms with van der Waals surface area (Å²) in [5.41, 5.74) is 8.20. The second-order valence-electron chi connectivity index (χ2n) is 4.52. The first-order chi connectivity index (χ1) is 11.0. The molecule has 3 rings (SSSR count). The Labute approximate surface area is 141 Å². The number of benzene rings is 1. The van der Waals surface area contributed by atoms with Gasteiger partial charge in [0.05, 0.1) is 0 Å². The van der Waals surface area contributed by atoms with Crippen LogP contribution in [0.2, 0.25) is 5.02 Å². The second-order valence-corrected chi connectivity index (χ2v) is 6.68. The first kappa shape index (κ1) is 15.8. The summed E-state index contributed by atoms with van der Waals surface area (Å²) in [6, 6.07) is 6.71. The van der Waals surface area contributed by atoms with Gasteiger partial charge in [0.2, 0.25) is 10.9 Å². The van der Waals surface area contributed by atoms with Gasteiger partial charge in [-0.3, -0.25) is 4.72 Å². The Balaban J connectivity index is 1.81. The highest BCUT2D eigenvalue weighted by molar-refractivity contribution is 7.98. The number of aromatic nitrogens is 4. The number of hydrogen-bond acceptors (Lipinski definition) is 7. The number of thiol groups is 1. The van der Waals surface area contributed by atoms with Gasteiger partial charge in [-0.1, -0.05) is 22.9 Å². The van der Waals surface area contributed by atoms with E-state index in [1.165, 1.54) is 11.8 Å². The Bertz CT molecular complexity index is 934. The molecule has 0 fully saturated rings. The minimum atomic E-state index is -2.71. The van der Waals surface area contributed by atoms with Crippen LogP contribution in [0.4, 0.5) is 11.5 Å². The second kappa shape index (κ2) is 6.60. The maximum atomic E-state index is 10.7. The molecule has 8 nitrogen and oxygen atoms in total. The van der Waals surface area contributed by atoms with Gasteiger partial charge in [-0.25, -0.2) is 18.5 Å². The molecule has 0 atom stereocenters. The monoisotopic (exact) mass is 370 g/mol. The lowest BCUT2D eigenvalue weighted by Gasteiger charge is -2.07. The molecule has 0 bridgehead atoms. The molecule has 2 aromatic heterocycles. The molecular weight excluding hydrogens is 360 g/mol. The van der Waals surface area contributed by atoms with Gasteiger partial charge >= 0.3 is 0 Å². The maximum absolute atomic E-state index is 10.7. The summed E-state index contributed by atoms with van der Waals surface area (Å²) in [6.07, 6.45) is 0. The van der Waals surface area contributed by atoms with Crippen molar-refractivity contribution in [3.8, 4) is 0 Å². The quantitative estimate of drug-likeness (QED) is 0.398. The minimum absolute atomic E-state index is 0.371. The molecule has 2 heterocycles. The molecule has 0 spiro atoms. The number of thioether (sulfide) groups is 1. The SMILES string of the molecule is Nc1cc(SCc2ccc(N[SH](=O)=O)cc2Cl)c2nn[nH]c2n1. The largest absolute Gasteiger partial charge is 0.384 e. The van der Waals surface area contributed by atoms with Crippen molar-refractivity contribution in [2.24, 2.45) is 0 Å². The van der Waals surface area contributed by atoms with Gasteiger partial charge in [0.1, 0.15) is 11.3 Å². The fraction of sp³-hybridized carbons (Fsp3) is 0.0833. The molecule has 1 aromatic carbocycles. The van der Waals surface area contributed by atoms with Crippen LogP contribution in [0.15, 0.2) is 29.2 Å². The number of aromatic amines is 1. The van der Waals surface area contributed by atoms with Crippen LogP contribution in [-0.4, -0.2) is 28.8 Å². The summed E-state index contributed by atoms with van der Waals surface area (Å²) in [6.45, 7) is 0. The summed E-state index contributed by atoms with van der Waals surface area (Å²) < 4.78 is 23.6. The third-order valence-corrected chi connectivity index (χ3v) is 4.81. The number of fused-ring (bicyclic) bond motifs is 1. The number of H-pyrrole nitrogens is 1. The summed E-state index contributed by atoms with van der Waals surface area (Å²) in [5, 5.41) is 10.9. The van der Waals surface area contributed by atoms with E-state index in [0.29, 0.717) is 33.4 Å². The van der Waals surface area contributed by atoms with Gasteiger partial charge in [-0.15, -0.1) is 16.9 Å². The van der Waals surface area contributed by atoms with Crippen LogP contribution in [0.5, 0.6) is 0 Å². The molecule has 11 heteroatoms. The fourth-order valence-corrected chi connectivity index (χ4v) is 3.65. The number of hydrogen-bond donors (Lipinski definition) is 4. The zero-order chi connectivity index (χ0) is 16.4. The van der Waals surface area contributed by atoms with Crippen LogP contribution >= 0.6 is 23.4 Å². The van der Waals surface area contributed by atoms with E-state index < -0.39 is 10.9 Å². The van der Waals surface area contributed by atoms with E-state index in [2.05, 4.69) is 25.1 Å². The summed E-state index contributed by atoms with van der Waals surface area (Å²) >= 11 is 7.68. The van der Waals surface area contributed by atoms with Gasteiger partial charge < -0.3 is 5.73 Å². The van der Waals surface area contributed by atoms with Gasteiger partial charge in [0, 0.05) is 21.4 Å². The standard InChI is InChI=1S/C12H11ClN6O2S2/c13-8-3-7(18-23(20)21)2-1-6(8)5-22-9-4-10(14)15-12-11(9)16-19-17-12/h1-4,23H,5H2,(H,18,20,21)(H3,14,15,16,17,19). The van der Waals surface area contributed by atoms with Crippen LogP contribution in [0.25, 0.3) is 11.2 Å². The molecule has 0 unspecified atom stereocenters. The number of nitrogens with one attached hydrogen (secondary N) is 2. The highest BCUT2D eigenvalue weighted by Crippen LogP contribution is 2.32. The zero-order valence-electron chi connectivity index (χ0n) is 11.5. The lowest BCUT2D eigenvalue weighted by molar-refractivity contribution is 0.619. The minimum Gasteiger partial charge on any atom is -0.384 e. The Morgan fingerprint density at radius 2 is 2.17 bits per heavy atom. The summed E-state index contributed by atoms with van der Waals surface area (Å²) in [4.78, 5) is 4.94. The van der Waals surface area contributed by atoms with Gasteiger partial charge in [-0.05, 0) is 23.8 Å². The summed E-state index contributed by atoms with van der Waals surface area (Å²) in [7, 11) is -2.71. The van der Waals surface area contributed by atoms with E-state index in [4.69, 9.17) is 17.3 Å². The van der Waals surface area contributed by atoms with Crippen molar-refractivity contribution in [1.82, 2.24) is 20.4 Å². The lowest BCUT2D eigenvalue weighted by Crippen LogP contribution is -1.95. The molecular formula is C12H11ClN6O2S2. The average Bonchev–Trinajstić information content (AvgIpc) is 2.93. The van der Waals surface area contributed by atoms with E-state index in [1.54, 1.807) is 24.3 Å². The highest BCUT2D eigenvalue weighted by atomic mass is 35.5. The topological polar surface area (TPSA) is 127 Å². The molecule has 0 aliphatic carbocycles. The molecule has 0 aliphatic rings. The van der Waals surface area contributed by atoms with Crippen molar-refractivity contribution < 1.29 is 8.42 Å². The van der Waals surface area contributed by atoms with Crippen LogP contribution in [0, 0.1) is 0 Å². The van der Waals surface area contributed by atoms with Crippen molar-refractivity contribution in [1.29, 1.82) is 0 Å². The number of nitrogens with two attached hydrogens (primary N) is 1. The summed E-state index contributed by atoms with van der Waals surface area (Å²) in [5.74, 6) is 0.935. The van der Waals surface area contributed by atoms with E-state index in [-0.39, 0.29) is 0 Å². The normalized spacial score (nSPS) is 11.2. The van der Waals surface area contributed by atoms with E-state index >= 15 is 0 Å². The van der Waals surface area contributed by atoms with Gasteiger partial charge in [0.25, 0.3) is 0 Å². The molecule has 23 heavy (non-hydrogen) atoms. The van der Waals surface area contributed by atoms with Crippen molar-refractivity contribution in [2.45, 2.75) is 10.6 Å². The first-order valence-corrected chi connectivity index (χ1v) is 8.86. The molecule has 4 N–H and O–H groups in total. The Morgan fingerprint density at radius 3 is 2.91 bits per heavy atom. The van der Waals surface area contributed by atoms with Crippen LogP contribution in [0.1, 0.15) is 5.56 Å². The van der Waals surface area contributed by atoms with Crippen LogP contribution in [0.3, 0.4) is 0 Å². The van der Waals surface area contributed by atoms with Crippen molar-refractivity contribution in [2.75, 3.05) is 10.5 Å². The fourth-order valence-electron chi connectivity index (χ4n) is 1.94. The third kappa shape index (κ3) is 3.66. The van der Waals surface area contributed by atoms with Crippen molar-refractivity contribution in [3.63, 3.8) is 0 Å². The maximum Gasteiger partial charge on any atom is 0.222 e. The molecule has 0 saturated carbocycles. The van der Waals surface area contributed by atoms with Crippen LogP contribution in [-0.2, 0) is 16.6 Å². The molecule has 3 aromatic rings. The lowest BCUT2D eigenvalue weighted by atomic mass is 10.2. The number of pyridine rings is 1. The smallest absolute Gasteiger partial charge is 0.222 e. The molecule has 0 saturated heterocycles. The first-order valence-electron chi connectivity index (χ1n) is 6.32. The van der Waals surface area contributed by atoms with E-state index in [1.807, 2.05) is 0 Å². The van der Waals surface area contributed by atoms with Crippen LogP contribution < -0.4 is 10.5 Å². The van der Waals surface area contributed by atoms with Gasteiger partial charge in [-0.2, -0.15) is 0 Å². The molecule has 0 radical (unpaired) electrons. The number of nitrogen functional groups attached to an aromatic ring is 1. The van der Waals surface area contributed by atoms with Crippen molar-refractivity contribution in [3.05, 3.63) is 34.9 Å². The van der Waals surface area contributed by atoms with Crippen molar-refractivity contribution >= 4 is 56.9 Å². The van der Waals surface area contributed by atoms with E-state index in [0.717, 1.165) is 10.5 Å². The molecule has 0 aliphatic heterocycles. The number of nitrogens with zero attached hydrogens (tertiary/aromatic N) is 3. The van der Waals surface area contributed by atoms with E-state index in [9.17, 15) is 8.42 Å². The Morgan fingerprint density at radius 1 is 1.35 bits per heavy atom. The Hall–Kier alpha value is -2.04. The third-order valence-electron chi connectivity index (χ3n) is 2.94. The van der Waals surface area contributed by atoms with Gasteiger partial charge in [0.15, 0.2) is 5.65 Å². The highest BCUT2D eigenvalue weighted by Gasteiger charge is 2.10. The number of rotatable bonds is 5.